The first kappa shape index (κ1) is 14.2. The second kappa shape index (κ2) is 5.68. The maximum atomic E-state index is 10.2. The Morgan fingerprint density at radius 1 is 1.06 bits per heavy atom. The summed E-state index contributed by atoms with van der Waals surface area (Å²) in [5.41, 5.74) is 4.00. The molecule has 0 aliphatic rings. The average molecular weight is 234 g/mol. The summed E-state index contributed by atoms with van der Waals surface area (Å²) in [6.07, 6.45) is 2.57. The van der Waals surface area contributed by atoms with Gasteiger partial charge in [0.1, 0.15) is 0 Å². The van der Waals surface area contributed by atoms with Crippen molar-refractivity contribution in [2.24, 2.45) is 5.41 Å². The quantitative estimate of drug-likeness (QED) is 0.824. The number of aryl methyl sites for hydroxylation is 2. The highest BCUT2D eigenvalue weighted by Gasteiger charge is 2.18. The number of hydrogen-bond donors (Lipinski definition) is 1. The molecule has 1 nitrogen and oxygen atoms in total. The first-order chi connectivity index (χ1) is 7.87. The number of aliphatic hydroxyl groups excluding tert-OH is 1. The van der Waals surface area contributed by atoms with Gasteiger partial charge in [0.2, 0.25) is 0 Å². The van der Waals surface area contributed by atoms with E-state index >= 15 is 0 Å². The Kier molecular flexibility index (Phi) is 4.76. The lowest BCUT2D eigenvalue weighted by Gasteiger charge is -2.23. The summed E-state index contributed by atoms with van der Waals surface area (Å²) in [6, 6.07) is 6.42. The van der Waals surface area contributed by atoms with Gasteiger partial charge in [0.25, 0.3) is 0 Å². The molecule has 0 fully saturated rings. The predicted molar refractivity (Wildman–Crippen MR) is 74.2 cm³/mol. The maximum absolute atomic E-state index is 10.2. The minimum atomic E-state index is -0.341. The molecule has 1 unspecified atom stereocenters. The van der Waals surface area contributed by atoms with Gasteiger partial charge in [0, 0.05) is 0 Å². The van der Waals surface area contributed by atoms with E-state index in [0.29, 0.717) is 0 Å². The standard InChI is InChI=1S/C16H26O/c1-6-12-8-9-14(10-13(12)7-2)15(17)11-16(3,4)5/h8-10,15,17H,6-7,11H2,1-5H3. The van der Waals surface area contributed by atoms with E-state index in [1.165, 1.54) is 11.1 Å². The molecule has 0 saturated carbocycles. The lowest BCUT2D eigenvalue weighted by Crippen LogP contribution is -2.12. The largest absolute Gasteiger partial charge is 0.388 e. The van der Waals surface area contributed by atoms with Crippen molar-refractivity contribution in [2.75, 3.05) is 0 Å². The van der Waals surface area contributed by atoms with E-state index in [1.54, 1.807) is 0 Å². The van der Waals surface area contributed by atoms with E-state index in [9.17, 15) is 5.11 Å². The zero-order chi connectivity index (χ0) is 13.1. The Balaban J connectivity index is 2.92. The van der Waals surface area contributed by atoms with Crippen LogP contribution >= 0.6 is 0 Å². The molecule has 0 aromatic heterocycles. The van der Waals surface area contributed by atoms with E-state index in [4.69, 9.17) is 0 Å². The summed E-state index contributed by atoms with van der Waals surface area (Å²) < 4.78 is 0. The SMILES string of the molecule is CCc1ccc(C(O)CC(C)(C)C)cc1CC. The fourth-order valence-electron chi connectivity index (χ4n) is 2.23. The molecule has 0 spiro atoms. The molecule has 96 valence electrons. The van der Waals surface area contributed by atoms with Gasteiger partial charge in [-0.3, -0.25) is 0 Å². The lowest BCUT2D eigenvalue weighted by atomic mass is 9.86. The Morgan fingerprint density at radius 3 is 2.12 bits per heavy atom. The van der Waals surface area contributed by atoms with Crippen LogP contribution in [0.4, 0.5) is 0 Å². The van der Waals surface area contributed by atoms with Crippen molar-refractivity contribution in [3.8, 4) is 0 Å². The first-order valence-corrected chi connectivity index (χ1v) is 6.67. The van der Waals surface area contributed by atoms with Gasteiger partial charge in [-0.1, -0.05) is 52.8 Å². The van der Waals surface area contributed by atoms with Gasteiger partial charge >= 0.3 is 0 Å². The molecule has 1 N–H and O–H groups in total. The molecule has 1 aromatic rings. The molecule has 1 heteroatoms. The van der Waals surface area contributed by atoms with Gasteiger partial charge < -0.3 is 5.11 Å². The Morgan fingerprint density at radius 2 is 1.65 bits per heavy atom. The summed E-state index contributed by atoms with van der Waals surface area (Å²) in [5, 5.41) is 10.2. The first-order valence-electron chi connectivity index (χ1n) is 6.67. The number of rotatable bonds is 4. The maximum Gasteiger partial charge on any atom is 0.0795 e. The van der Waals surface area contributed by atoms with Crippen molar-refractivity contribution >= 4 is 0 Å². The van der Waals surface area contributed by atoms with Crippen LogP contribution in [-0.4, -0.2) is 5.11 Å². The molecular weight excluding hydrogens is 208 g/mol. The van der Waals surface area contributed by atoms with Gasteiger partial charge in [0.05, 0.1) is 6.10 Å². The summed E-state index contributed by atoms with van der Waals surface area (Å²) in [4.78, 5) is 0. The number of hydrogen-bond acceptors (Lipinski definition) is 1. The summed E-state index contributed by atoms with van der Waals surface area (Å²) in [7, 11) is 0. The molecule has 0 bridgehead atoms. The van der Waals surface area contributed by atoms with Gasteiger partial charge in [0.15, 0.2) is 0 Å². The van der Waals surface area contributed by atoms with Crippen molar-refractivity contribution in [2.45, 2.75) is 60.0 Å². The van der Waals surface area contributed by atoms with Crippen LogP contribution in [0.25, 0.3) is 0 Å². The Bertz CT molecular complexity index is 360. The second-order valence-corrected chi connectivity index (χ2v) is 6.02. The number of aliphatic hydroxyl groups is 1. The van der Waals surface area contributed by atoms with E-state index in [2.05, 4.69) is 52.8 Å². The molecule has 0 aliphatic heterocycles. The van der Waals surface area contributed by atoms with Crippen LogP contribution in [-0.2, 0) is 12.8 Å². The average Bonchev–Trinajstić information content (AvgIpc) is 2.25. The third-order valence-corrected chi connectivity index (χ3v) is 3.18. The monoisotopic (exact) mass is 234 g/mol. The van der Waals surface area contributed by atoms with Gasteiger partial charge in [-0.05, 0) is 41.4 Å². The van der Waals surface area contributed by atoms with Gasteiger partial charge in [-0.2, -0.15) is 0 Å². The van der Waals surface area contributed by atoms with Crippen LogP contribution in [0.3, 0.4) is 0 Å². The summed E-state index contributed by atoms with van der Waals surface area (Å²) in [5.74, 6) is 0. The van der Waals surface area contributed by atoms with E-state index in [0.717, 1.165) is 24.8 Å². The summed E-state index contributed by atoms with van der Waals surface area (Å²) >= 11 is 0. The predicted octanol–water partition coefficient (Wildman–Crippen LogP) is 4.28. The zero-order valence-corrected chi connectivity index (χ0v) is 11.9. The van der Waals surface area contributed by atoms with E-state index < -0.39 is 0 Å². The van der Waals surface area contributed by atoms with E-state index in [-0.39, 0.29) is 11.5 Å². The smallest absolute Gasteiger partial charge is 0.0795 e. The van der Waals surface area contributed by atoms with Crippen LogP contribution in [0.15, 0.2) is 18.2 Å². The second-order valence-electron chi connectivity index (χ2n) is 6.02. The van der Waals surface area contributed by atoms with Crippen molar-refractivity contribution in [3.63, 3.8) is 0 Å². The van der Waals surface area contributed by atoms with Crippen LogP contribution in [0.2, 0.25) is 0 Å². The molecule has 0 saturated heterocycles. The minimum Gasteiger partial charge on any atom is -0.388 e. The van der Waals surface area contributed by atoms with Crippen LogP contribution < -0.4 is 0 Å². The highest BCUT2D eigenvalue weighted by Crippen LogP contribution is 2.30. The molecule has 0 aliphatic carbocycles. The van der Waals surface area contributed by atoms with Crippen LogP contribution in [0.5, 0.6) is 0 Å². The molecule has 0 heterocycles. The van der Waals surface area contributed by atoms with Gasteiger partial charge in [-0.25, -0.2) is 0 Å². The topological polar surface area (TPSA) is 20.2 Å². The minimum absolute atomic E-state index is 0.162. The van der Waals surface area contributed by atoms with Crippen molar-refractivity contribution < 1.29 is 5.11 Å². The molecule has 1 rings (SSSR count). The molecule has 0 amide bonds. The lowest BCUT2D eigenvalue weighted by molar-refractivity contribution is 0.122. The summed E-state index contributed by atoms with van der Waals surface area (Å²) in [6.45, 7) is 10.8. The zero-order valence-electron chi connectivity index (χ0n) is 11.9. The van der Waals surface area contributed by atoms with Crippen LogP contribution in [0, 0.1) is 5.41 Å². The van der Waals surface area contributed by atoms with E-state index in [1.807, 2.05) is 0 Å². The molecule has 1 aromatic carbocycles. The van der Waals surface area contributed by atoms with Crippen LogP contribution in [0.1, 0.15) is 63.8 Å². The van der Waals surface area contributed by atoms with Crippen molar-refractivity contribution in [1.29, 1.82) is 0 Å². The molecular formula is C16H26O. The fourth-order valence-corrected chi connectivity index (χ4v) is 2.23. The Hall–Kier alpha value is -0.820. The third kappa shape index (κ3) is 4.16. The highest BCUT2D eigenvalue weighted by atomic mass is 16.3. The fraction of sp³-hybridized carbons (Fsp3) is 0.625. The van der Waals surface area contributed by atoms with Gasteiger partial charge in [-0.15, -0.1) is 0 Å². The number of benzene rings is 1. The molecule has 17 heavy (non-hydrogen) atoms. The third-order valence-electron chi connectivity index (χ3n) is 3.18. The molecule has 0 radical (unpaired) electrons. The highest BCUT2D eigenvalue weighted by molar-refractivity contribution is 5.33. The van der Waals surface area contributed by atoms with Crippen molar-refractivity contribution in [3.05, 3.63) is 34.9 Å². The van der Waals surface area contributed by atoms with Crippen molar-refractivity contribution in [1.82, 2.24) is 0 Å². The normalized spacial score (nSPS) is 13.8. The molecule has 1 atom stereocenters. The Labute approximate surface area is 106 Å².